The lowest BCUT2D eigenvalue weighted by Gasteiger charge is -2.09. The van der Waals surface area contributed by atoms with E-state index in [4.69, 9.17) is 0 Å². The molecule has 1 aromatic heterocycles. The van der Waals surface area contributed by atoms with E-state index in [9.17, 15) is 4.79 Å². The average Bonchev–Trinajstić information content (AvgIpc) is 3.24. The molecule has 0 fully saturated rings. The van der Waals surface area contributed by atoms with Crippen molar-refractivity contribution in [1.29, 1.82) is 0 Å². The van der Waals surface area contributed by atoms with Gasteiger partial charge in [0.05, 0.1) is 4.70 Å². The SMILES string of the molecule is O=C(NCCNc1nsc2ccccc12)c1cccc(-c2ccc3ccccc3c2)c1. The Hall–Kier alpha value is -3.70. The Morgan fingerprint density at radius 1 is 0.774 bits per heavy atom. The molecule has 0 aliphatic rings. The van der Waals surface area contributed by atoms with Gasteiger partial charge < -0.3 is 10.6 Å². The van der Waals surface area contributed by atoms with E-state index < -0.39 is 0 Å². The molecule has 0 bridgehead atoms. The van der Waals surface area contributed by atoms with Crippen LogP contribution in [-0.2, 0) is 0 Å². The maximum Gasteiger partial charge on any atom is 0.251 e. The second kappa shape index (κ2) is 8.58. The van der Waals surface area contributed by atoms with Gasteiger partial charge in [0.15, 0.2) is 0 Å². The van der Waals surface area contributed by atoms with E-state index in [2.05, 4.69) is 57.5 Å². The second-order valence-electron chi connectivity index (χ2n) is 7.35. The summed E-state index contributed by atoms with van der Waals surface area (Å²) in [4.78, 5) is 12.7. The van der Waals surface area contributed by atoms with Crippen LogP contribution in [-0.4, -0.2) is 23.4 Å². The molecule has 0 aliphatic heterocycles. The summed E-state index contributed by atoms with van der Waals surface area (Å²) in [5.74, 6) is 0.792. The zero-order chi connectivity index (χ0) is 21.0. The highest BCUT2D eigenvalue weighted by Gasteiger charge is 2.08. The highest BCUT2D eigenvalue weighted by atomic mass is 32.1. The van der Waals surface area contributed by atoms with Crippen LogP contribution >= 0.6 is 11.5 Å². The molecule has 0 radical (unpaired) electrons. The van der Waals surface area contributed by atoms with Crippen molar-refractivity contribution >= 4 is 44.1 Å². The van der Waals surface area contributed by atoms with Crippen LogP contribution in [0.4, 0.5) is 5.82 Å². The highest BCUT2D eigenvalue weighted by molar-refractivity contribution is 7.13. The maximum absolute atomic E-state index is 12.7. The zero-order valence-electron chi connectivity index (χ0n) is 16.8. The number of nitrogens with one attached hydrogen (secondary N) is 2. The largest absolute Gasteiger partial charge is 0.367 e. The fourth-order valence-corrected chi connectivity index (χ4v) is 4.44. The predicted octanol–water partition coefficient (Wildman–Crippen LogP) is 5.96. The number of aromatic nitrogens is 1. The Morgan fingerprint density at radius 2 is 1.58 bits per heavy atom. The summed E-state index contributed by atoms with van der Waals surface area (Å²) in [5.41, 5.74) is 2.79. The topological polar surface area (TPSA) is 54.0 Å². The van der Waals surface area contributed by atoms with Gasteiger partial charge in [-0.3, -0.25) is 4.79 Å². The quantitative estimate of drug-likeness (QED) is 0.331. The Kier molecular flexibility index (Phi) is 5.33. The van der Waals surface area contributed by atoms with Crippen molar-refractivity contribution in [2.75, 3.05) is 18.4 Å². The molecule has 5 rings (SSSR count). The Balaban J connectivity index is 1.23. The number of hydrogen-bond acceptors (Lipinski definition) is 4. The zero-order valence-corrected chi connectivity index (χ0v) is 17.7. The van der Waals surface area contributed by atoms with Crippen LogP contribution in [0.1, 0.15) is 10.4 Å². The van der Waals surface area contributed by atoms with Crippen molar-refractivity contribution < 1.29 is 4.79 Å². The lowest BCUT2D eigenvalue weighted by atomic mass is 9.99. The molecule has 31 heavy (non-hydrogen) atoms. The minimum absolute atomic E-state index is 0.0763. The number of carbonyl (C=O) groups excluding carboxylic acids is 1. The van der Waals surface area contributed by atoms with Crippen LogP contribution in [0.3, 0.4) is 0 Å². The normalized spacial score (nSPS) is 11.0. The van der Waals surface area contributed by atoms with Gasteiger partial charge in [0.25, 0.3) is 5.91 Å². The van der Waals surface area contributed by atoms with Crippen LogP contribution in [0.15, 0.2) is 91.0 Å². The second-order valence-corrected chi connectivity index (χ2v) is 8.16. The van der Waals surface area contributed by atoms with Gasteiger partial charge in [-0.1, -0.05) is 60.7 Å². The van der Waals surface area contributed by atoms with Crippen molar-refractivity contribution in [3.8, 4) is 11.1 Å². The Morgan fingerprint density at radius 3 is 2.52 bits per heavy atom. The number of benzene rings is 4. The van der Waals surface area contributed by atoms with Crippen molar-refractivity contribution in [3.05, 3.63) is 96.6 Å². The standard InChI is InChI=1S/C26H21N3OS/c30-26(28-15-14-27-25-23-10-3-4-11-24(23)31-29-25)22-9-5-8-20(17-22)21-13-12-18-6-1-2-7-19(18)16-21/h1-13,16-17H,14-15H2,(H,27,29)(H,28,30). The van der Waals surface area contributed by atoms with E-state index in [1.165, 1.54) is 22.3 Å². The third kappa shape index (κ3) is 4.13. The fraction of sp³-hybridized carbons (Fsp3) is 0.0769. The third-order valence-corrected chi connectivity index (χ3v) is 6.11. The minimum atomic E-state index is -0.0763. The molecular formula is C26H21N3OS. The molecule has 0 atom stereocenters. The average molecular weight is 424 g/mol. The number of fused-ring (bicyclic) bond motifs is 2. The first kappa shape index (κ1) is 19.3. The van der Waals surface area contributed by atoms with Gasteiger partial charge in [0.2, 0.25) is 0 Å². The molecular weight excluding hydrogens is 402 g/mol. The fourth-order valence-electron chi connectivity index (χ4n) is 3.68. The Labute approximate surface area is 184 Å². The van der Waals surface area contributed by atoms with Crippen LogP contribution in [0, 0.1) is 0 Å². The molecule has 1 heterocycles. The first-order valence-electron chi connectivity index (χ1n) is 10.2. The molecule has 0 aliphatic carbocycles. The van der Waals surface area contributed by atoms with E-state index in [-0.39, 0.29) is 5.91 Å². The lowest BCUT2D eigenvalue weighted by Crippen LogP contribution is -2.28. The van der Waals surface area contributed by atoms with Gasteiger partial charge in [0, 0.05) is 24.0 Å². The van der Waals surface area contributed by atoms with Gasteiger partial charge in [-0.15, -0.1) is 0 Å². The number of carbonyl (C=O) groups is 1. The molecule has 4 nitrogen and oxygen atoms in total. The van der Waals surface area contributed by atoms with E-state index in [0.717, 1.165) is 27.0 Å². The maximum atomic E-state index is 12.7. The van der Waals surface area contributed by atoms with Gasteiger partial charge in [-0.2, -0.15) is 4.37 Å². The molecule has 0 spiro atoms. The molecule has 5 heteroatoms. The smallest absolute Gasteiger partial charge is 0.251 e. The van der Waals surface area contributed by atoms with Gasteiger partial charge in [-0.25, -0.2) is 0 Å². The van der Waals surface area contributed by atoms with E-state index >= 15 is 0 Å². The molecule has 5 aromatic rings. The molecule has 1 amide bonds. The molecule has 152 valence electrons. The van der Waals surface area contributed by atoms with E-state index in [0.29, 0.717) is 18.7 Å². The monoisotopic (exact) mass is 423 g/mol. The van der Waals surface area contributed by atoms with Crippen molar-refractivity contribution in [1.82, 2.24) is 9.69 Å². The number of rotatable bonds is 6. The van der Waals surface area contributed by atoms with Gasteiger partial charge >= 0.3 is 0 Å². The van der Waals surface area contributed by atoms with Crippen molar-refractivity contribution in [2.24, 2.45) is 0 Å². The summed E-state index contributed by atoms with van der Waals surface area (Å²) in [7, 11) is 0. The summed E-state index contributed by atoms with van der Waals surface area (Å²) in [6, 6.07) is 30.6. The molecule has 2 N–H and O–H groups in total. The van der Waals surface area contributed by atoms with Crippen molar-refractivity contribution in [2.45, 2.75) is 0 Å². The first-order valence-corrected chi connectivity index (χ1v) is 11.0. The van der Waals surface area contributed by atoms with Crippen molar-refractivity contribution in [3.63, 3.8) is 0 Å². The number of hydrogen-bond donors (Lipinski definition) is 2. The van der Waals surface area contributed by atoms with Crippen LogP contribution < -0.4 is 10.6 Å². The van der Waals surface area contributed by atoms with Crippen LogP contribution in [0.5, 0.6) is 0 Å². The number of amides is 1. The lowest BCUT2D eigenvalue weighted by molar-refractivity contribution is 0.0955. The van der Waals surface area contributed by atoms with Gasteiger partial charge in [-0.05, 0) is 63.8 Å². The van der Waals surface area contributed by atoms with E-state index in [1.807, 2.05) is 48.5 Å². The molecule has 4 aromatic carbocycles. The third-order valence-electron chi connectivity index (χ3n) is 5.29. The number of nitrogens with zero attached hydrogens (tertiary/aromatic N) is 1. The van der Waals surface area contributed by atoms with Crippen LogP contribution in [0.25, 0.3) is 32.0 Å². The molecule has 0 saturated carbocycles. The highest BCUT2D eigenvalue weighted by Crippen LogP contribution is 2.26. The summed E-state index contributed by atoms with van der Waals surface area (Å²) in [6.07, 6.45) is 0. The first-order chi connectivity index (χ1) is 15.3. The Bertz CT molecular complexity index is 1380. The summed E-state index contributed by atoms with van der Waals surface area (Å²) >= 11 is 1.48. The minimum Gasteiger partial charge on any atom is -0.367 e. The summed E-state index contributed by atoms with van der Waals surface area (Å²) in [5, 5.41) is 9.82. The van der Waals surface area contributed by atoms with E-state index in [1.54, 1.807) is 0 Å². The van der Waals surface area contributed by atoms with Gasteiger partial charge in [0.1, 0.15) is 5.82 Å². The summed E-state index contributed by atoms with van der Waals surface area (Å²) in [6.45, 7) is 1.13. The number of anilines is 1. The molecule has 0 saturated heterocycles. The predicted molar refractivity (Wildman–Crippen MR) is 130 cm³/mol. The van der Waals surface area contributed by atoms with Crippen LogP contribution in [0.2, 0.25) is 0 Å². The molecule has 0 unspecified atom stereocenters. The summed E-state index contributed by atoms with van der Waals surface area (Å²) < 4.78 is 5.61.